The smallest absolute Gasteiger partial charge is 0.407 e. The van der Waals surface area contributed by atoms with E-state index in [0.29, 0.717) is 19.5 Å². The van der Waals surface area contributed by atoms with E-state index >= 15 is 0 Å². The Kier molecular flexibility index (Phi) is 1.54. The fourth-order valence-electron chi connectivity index (χ4n) is 1.96. The molecule has 1 heterocycles. The van der Waals surface area contributed by atoms with E-state index in [1.165, 1.54) is 4.90 Å². The largest absolute Gasteiger partial charge is 0.465 e. The highest BCUT2D eigenvalue weighted by Crippen LogP contribution is 2.52. The molecule has 0 aromatic carbocycles. The van der Waals surface area contributed by atoms with Crippen molar-refractivity contribution in [3.63, 3.8) is 0 Å². The van der Waals surface area contributed by atoms with Crippen LogP contribution in [0.15, 0.2) is 0 Å². The maximum Gasteiger partial charge on any atom is 0.407 e. The molecular weight excluding hydrogens is 158 g/mol. The van der Waals surface area contributed by atoms with E-state index in [0.717, 1.165) is 12.8 Å². The summed E-state index contributed by atoms with van der Waals surface area (Å²) in [5, 5.41) is 18.3. The van der Waals surface area contributed by atoms with Gasteiger partial charge in [0.2, 0.25) is 0 Å². The Labute approximate surface area is 70.8 Å². The van der Waals surface area contributed by atoms with Crippen molar-refractivity contribution < 1.29 is 15.0 Å². The van der Waals surface area contributed by atoms with Gasteiger partial charge in [-0.1, -0.05) is 0 Å². The van der Waals surface area contributed by atoms with Crippen molar-refractivity contribution in [1.29, 1.82) is 0 Å². The predicted octanol–water partition coefficient (Wildman–Crippen LogP) is 0.511. The number of rotatable bonds is 0. The summed E-state index contributed by atoms with van der Waals surface area (Å²) in [6.07, 6.45) is 1.45. The molecular formula is C8H13NO3. The van der Waals surface area contributed by atoms with Crippen molar-refractivity contribution >= 4 is 6.09 Å². The number of carbonyl (C=O) groups is 1. The van der Waals surface area contributed by atoms with Gasteiger partial charge in [-0.15, -0.1) is 0 Å². The van der Waals surface area contributed by atoms with E-state index in [1.807, 2.05) is 0 Å². The molecule has 4 heteroatoms. The molecule has 0 bridgehead atoms. The van der Waals surface area contributed by atoms with Crippen molar-refractivity contribution in [2.45, 2.75) is 25.4 Å². The summed E-state index contributed by atoms with van der Waals surface area (Å²) < 4.78 is 0. The van der Waals surface area contributed by atoms with Crippen LogP contribution in [0.3, 0.4) is 0 Å². The van der Waals surface area contributed by atoms with Crippen LogP contribution in [0.4, 0.5) is 4.79 Å². The zero-order chi connectivity index (χ0) is 8.77. The van der Waals surface area contributed by atoms with Crippen molar-refractivity contribution in [3.05, 3.63) is 0 Å². The first kappa shape index (κ1) is 7.86. The molecule has 1 amide bonds. The van der Waals surface area contributed by atoms with Crippen LogP contribution in [-0.4, -0.2) is 40.4 Å². The number of aliphatic hydroxyl groups excluding tert-OH is 1. The molecule has 2 rings (SSSR count). The molecule has 1 aliphatic heterocycles. The molecule has 1 saturated heterocycles. The monoisotopic (exact) mass is 171 g/mol. The minimum Gasteiger partial charge on any atom is -0.465 e. The molecule has 0 aromatic rings. The number of hydrogen-bond donors (Lipinski definition) is 2. The van der Waals surface area contributed by atoms with Crippen molar-refractivity contribution in [2.24, 2.45) is 5.41 Å². The Hall–Kier alpha value is -0.770. The quantitative estimate of drug-likeness (QED) is 0.558. The molecule has 1 spiro atoms. The van der Waals surface area contributed by atoms with Crippen LogP contribution in [-0.2, 0) is 0 Å². The molecule has 0 radical (unpaired) electrons. The first-order valence-electron chi connectivity index (χ1n) is 4.30. The second-order valence-corrected chi connectivity index (χ2v) is 3.87. The van der Waals surface area contributed by atoms with Gasteiger partial charge in [0.05, 0.1) is 6.10 Å². The summed E-state index contributed by atoms with van der Waals surface area (Å²) in [6, 6.07) is 0. The molecule has 1 unspecified atom stereocenters. The highest BCUT2D eigenvalue weighted by atomic mass is 16.4. The predicted molar refractivity (Wildman–Crippen MR) is 41.9 cm³/mol. The molecule has 2 aliphatic rings. The maximum atomic E-state index is 10.6. The van der Waals surface area contributed by atoms with E-state index < -0.39 is 6.09 Å². The number of amides is 1. The molecule has 2 N–H and O–H groups in total. The summed E-state index contributed by atoms with van der Waals surface area (Å²) in [4.78, 5) is 12.0. The minimum absolute atomic E-state index is 0.0589. The average Bonchev–Trinajstić information content (AvgIpc) is 2.76. The fraction of sp³-hybridized carbons (Fsp3) is 0.875. The molecule has 1 saturated carbocycles. The Morgan fingerprint density at radius 2 is 2.17 bits per heavy atom. The van der Waals surface area contributed by atoms with E-state index in [-0.39, 0.29) is 11.5 Å². The van der Waals surface area contributed by atoms with Gasteiger partial charge in [-0.25, -0.2) is 4.79 Å². The van der Waals surface area contributed by atoms with E-state index in [1.54, 1.807) is 0 Å². The summed E-state index contributed by atoms with van der Waals surface area (Å²) in [5.41, 5.74) is -0.0589. The molecule has 2 fully saturated rings. The Morgan fingerprint density at radius 3 is 2.67 bits per heavy atom. The first-order chi connectivity index (χ1) is 5.64. The lowest BCUT2D eigenvalue weighted by Crippen LogP contribution is -2.46. The van der Waals surface area contributed by atoms with Gasteiger partial charge in [-0.3, -0.25) is 0 Å². The lowest BCUT2D eigenvalue weighted by Gasteiger charge is -2.34. The average molecular weight is 171 g/mol. The minimum atomic E-state index is -0.854. The number of likely N-dealkylation sites (tertiary alicyclic amines) is 1. The van der Waals surface area contributed by atoms with Crippen LogP contribution < -0.4 is 0 Å². The van der Waals surface area contributed by atoms with Crippen LogP contribution in [0.5, 0.6) is 0 Å². The maximum absolute atomic E-state index is 10.6. The summed E-state index contributed by atoms with van der Waals surface area (Å²) >= 11 is 0. The number of piperidine rings is 1. The lowest BCUT2D eigenvalue weighted by molar-refractivity contribution is 0.0163. The molecule has 0 aromatic heterocycles. The Balaban J connectivity index is 2.03. The fourth-order valence-corrected chi connectivity index (χ4v) is 1.96. The molecule has 1 atom stereocenters. The zero-order valence-electron chi connectivity index (χ0n) is 6.86. The van der Waals surface area contributed by atoms with E-state index in [2.05, 4.69) is 0 Å². The number of aliphatic hydroxyl groups is 1. The van der Waals surface area contributed by atoms with Crippen LogP contribution in [0.2, 0.25) is 0 Å². The highest BCUT2D eigenvalue weighted by Gasteiger charge is 2.52. The zero-order valence-corrected chi connectivity index (χ0v) is 6.86. The number of carboxylic acid groups (broad SMARTS) is 1. The Bertz CT molecular complexity index is 212. The van der Waals surface area contributed by atoms with Crippen LogP contribution in [0, 0.1) is 5.41 Å². The standard InChI is InChI=1S/C8H13NO3/c10-6-1-4-9(7(11)12)5-8(6)2-3-8/h6,10H,1-5H2,(H,11,12). The Morgan fingerprint density at radius 1 is 1.50 bits per heavy atom. The van der Waals surface area contributed by atoms with Gasteiger partial charge < -0.3 is 15.1 Å². The van der Waals surface area contributed by atoms with Gasteiger partial charge in [0.15, 0.2) is 0 Å². The van der Waals surface area contributed by atoms with Gasteiger partial charge >= 0.3 is 6.09 Å². The second kappa shape index (κ2) is 2.36. The van der Waals surface area contributed by atoms with Gasteiger partial charge in [0, 0.05) is 18.5 Å². The molecule has 12 heavy (non-hydrogen) atoms. The topological polar surface area (TPSA) is 60.8 Å². The molecule has 1 aliphatic carbocycles. The van der Waals surface area contributed by atoms with E-state index in [9.17, 15) is 9.90 Å². The second-order valence-electron chi connectivity index (χ2n) is 3.87. The first-order valence-corrected chi connectivity index (χ1v) is 4.30. The van der Waals surface area contributed by atoms with Crippen molar-refractivity contribution in [3.8, 4) is 0 Å². The summed E-state index contributed by atoms with van der Waals surface area (Å²) in [7, 11) is 0. The number of hydrogen-bond acceptors (Lipinski definition) is 2. The van der Waals surface area contributed by atoms with Gasteiger partial charge in [-0.05, 0) is 19.3 Å². The van der Waals surface area contributed by atoms with Gasteiger partial charge in [0.25, 0.3) is 0 Å². The SMILES string of the molecule is O=C(O)N1CCC(O)C2(CC2)C1. The third-order valence-corrected chi connectivity index (χ3v) is 3.05. The molecule has 68 valence electrons. The highest BCUT2D eigenvalue weighted by molar-refractivity contribution is 5.65. The van der Waals surface area contributed by atoms with Crippen LogP contribution in [0.1, 0.15) is 19.3 Å². The van der Waals surface area contributed by atoms with Crippen molar-refractivity contribution in [2.75, 3.05) is 13.1 Å². The van der Waals surface area contributed by atoms with Crippen LogP contribution in [0.25, 0.3) is 0 Å². The van der Waals surface area contributed by atoms with E-state index in [4.69, 9.17) is 5.11 Å². The van der Waals surface area contributed by atoms with Crippen LogP contribution >= 0.6 is 0 Å². The summed E-state index contributed by atoms with van der Waals surface area (Å²) in [5.74, 6) is 0. The molecule has 4 nitrogen and oxygen atoms in total. The number of nitrogens with zero attached hydrogens (tertiary/aromatic N) is 1. The van der Waals surface area contributed by atoms with Crippen molar-refractivity contribution in [1.82, 2.24) is 4.90 Å². The summed E-state index contributed by atoms with van der Waals surface area (Å²) in [6.45, 7) is 1.02. The third-order valence-electron chi connectivity index (χ3n) is 3.05. The van der Waals surface area contributed by atoms with Gasteiger partial charge in [0.1, 0.15) is 0 Å². The third kappa shape index (κ3) is 1.06. The normalized spacial score (nSPS) is 32.1. The lowest BCUT2D eigenvalue weighted by atomic mass is 9.92. The van der Waals surface area contributed by atoms with Gasteiger partial charge in [-0.2, -0.15) is 0 Å².